The summed E-state index contributed by atoms with van der Waals surface area (Å²) in [5.74, 6) is 1.24. The number of nitrogens with zero attached hydrogens (tertiary/aromatic N) is 3. The van der Waals surface area contributed by atoms with Crippen molar-refractivity contribution in [3.05, 3.63) is 42.1 Å². The molecule has 2 aromatic rings. The summed E-state index contributed by atoms with van der Waals surface area (Å²) in [7, 11) is 0. The van der Waals surface area contributed by atoms with E-state index in [1.54, 1.807) is 6.20 Å². The van der Waals surface area contributed by atoms with E-state index in [9.17, 15) is 0 Å². The van der Waals surface area contributed by atoms with Gasteiger partial charge in [0.1, 0.15) is 0 Å². The molecule has 0 amide bonds. The van der Waals surface area contributed by atoms with E-state index in [0.29, 0.717) is 11.8 Å². The van der Waals surface area contributed by atoms with Gasteiger partial charge in [0.05, 0.1) is 12.3 Å². The van der Waals surface area contributed by atoms with Crippen LogP contribution in [0.15, 0.2) is 36.5 Å². The molecule has 0 radical (unpaired) electrons. The van der Waals surface area contributed by atoms with Crippen LogP contribution in [0.2, 0.25) is 0 Å². The molecule has 0 bridgehead atoms. The molecule has 2 N–H and O–H groups in total. The zero-order chi connectivity index (χ0) is 15.2. The summed E-state index contributed by atoms with van der Waals surface area (Å²) in [6, 6.07) is 10.4. The van der Waals surface area contributed by atoms with Gasteiger partial charge in [0.2, 0.25) is 5.95 Å². The predicted octanol–water partition coefficient (Wildman–Crippen LogP) is 2.64. The first-order valence-corrected chi connectivity index (χ1v) is 7.68. The molecule has 2 atom stereocenters. The Morgan fingerprint density at radius 1 is 1.32 bits per heavy atom. The normalized spacial score (nSPS) is 18.9. The second-order valence-electron chi connectivity index (χ2n) is 5.46. The average molecular weight is 299 g/mol. The topological polar surface area (TPSA) is 72.0 Å². The monoisotopic (exact) mass is 299 g/mol. The van der Waals surface area contributed by atoms with E-state index in [0.717, 1.165) is 26.0 Å². The number of ether oxygens (including phenoxy) is 1. The molecule has 2 heterocycles. The Kier molecular flexibility index (Phi) is 4.80. The molecule has 1 aliphatic heterocycles. The standard InChI is InChI=1S/C16H21N5O/c1-12(13-6-3-2-4-7-13)19-15-11-18-21-16(20-15)17-10-14-8-5-9-22-14/h2-4,6-7,11-12,14H,5,8-10H2,1H3,(H2,17,19,20,21). The van der Waals surface area contributed by atoms with Gasteiger partial charge in [-0.15, -0.1) is 5.10 Å². The lowest BCUT2D eigenvalue weighted by molar-refractivity contribution is 0.120. The van der Waals surface area contributed by atoms with Gasteiger partial charge in [-0.25, -0.2) is 0 Å². The van der Waals surface area contributed by atoms with Gasteiger partial charge in [-0.1, -0.05) is 30.3 Å². The van der Waals surface area contributed by atoms with Crippen LogP contribution in [-0.4, -0.2) is 34.4 Å². The van der Waals surface area contributed by atoms with Crippen LogP contribution < -0.4 is 10.6 Å². The number of anilines is 2. The Labute approximate surface area is 130 Å². The lowest BCUT2D eigenvalue weighted by atomic mass is 10.1. The number of hydrogen-bond acceptors (Lipinski definition) is 6. The highest BCUT2D eigenvalue weighted by atomic mass is 16.5. The van der Waals surface area contributed by atoms with Gasteiger partial charge in [-0.05, 0) is 25.3 Å². The van der Waals surface area contributed by atoms with Crippen LogP contribution in [0.4, 0.5) is 11.8 Å². The Balaban J connectivity index is 1.58. The smallest absolute Gasteiger partial charge is 0.244 e. The Morgan fingerprint density at radius 3 is 2.95 bits per heavy atom. The fraction of sp³-hybridized carbons (Fsp3) is 0.438. The average Bonchev–Trinajstić information content (AvgIpc) is 3.08. The quantitative estimate of drug-likeness (QED) is 0.854. The van der Waals surface area contributed by atoms with Crippen molar-refractivity contribution in [3.63, 3.8) is 0 Å². The van der Waals surface area contributed by atoms with Crippen LogP contribution in [0.3, 0.4) is 0 Å². The van der Waals surface area contributed by atoms with E-state index >= 15 is 0 Å². The predicted molar refractivity (Wildman–Crippen MR) is 85.8 cm³/mol. The van der Waals surface area contributed by atoms with Crippen molar-refractivity contribution >= 4 is 11.8 Å². The zero-order valence-corrected chi connectivity index (χ0v) is 12.7. The lowest BCUT2D eigenvalue weighted by Gasteiger charge is -2.15. The molecular weight excluding hydrogens is 278 g/mol. The highest BCUT2D eigenvalue weighted by Gasteiger charge is 2.15. The first-order valence-electron chi connectivity index (χ1n) is 7.68. The van der Waals surface area contributed by atoms with Gasteiger partial charge in [0, 0.05) is 19.2 Å². The summed E-state index contributed by atoms with van der Waals surface area (Å²) < 4.78 is 5.57. The maximum Gasteiger partial charge on any atom is 0.244 e. The molecule has 6 nitrogen and oxygen atoms in total. The van der Waals surface area contributed by atoms with E-state index in [2.05, 4.69) is 44.9 Å². The van der Waals surface area contributed by atoms with Crippen molar-refractivity contribution in [3.8, 4) is 0 Å². The third kappa shape index (κ3) is 3.92. The van der Waals surface area contributed by atoms with E-state index in [1.165, 1.54) is 5.56 Å². The molecule has 1 aliphatic rings. The molecule has 3 rings (SSSR count). The summed E-state index contributed by atoms with van der Waals surface area (Å²) in [6.45, 7) is 3.66. The second kappa shape index (κ2) is 7.17. The molecule has 2 unspecified atom stereocenters. The summed E-state index contributed by atoms with van der Waals surface area (Å²) >= 11 is 0. The van der Waals surface area contributed by atoms with Crippen molar-refractivity contribution in [1.82, 2.24) is 15.2 Å². The third-order valence-electron chi connectivity index (χ3n) is 3.73. The fourth-order valence-electron chi connectivity index (χ4n) is 2.51. The van der Waals surface area contributed by atoms with Crippen LogP contribution in [0.5, 0.6) is 0 Å². The van der Waals surface area contributed by atoms with Gasteiger partial charge in [0.25, 0.3) is 0 Å². The molecule has 1 aromatic carbocycles. The molecular formula is C16H21N5O. The lowest BCUT2D eigenvalue weighted by Crippen LogP contribution is -2.20. The Morgan fingerprint density at radius 2 is 2.18 bits per heavy atom. The summed E-state index contributed by atoms with van der Waals surface area (Å²) in [5.41, 5.74) is 1.20. The Hall–Kier alpha value is -2.21. The van der Waals surface area contributed by atoms with Crippen LogP contribution in [-0.2, 0) is 4.74 Å². The first kappa shape index (κ1) is 14.7. The summed E-state index contributed by atoms with van der Waals surface area (Å²) in [6.07, 6.45) is 4.10. The van der Waals surface area contributed by atoms with E-state index in [1.807, 2.05) is 18.2 Å². The Bertz CT molecular complexity index is 586. The number of aromatic nitrogens is 3. The van der Waals surface area contributed by atoms with Crippen molar-refractivity contribution in [2.45, 2.75) is 31.9 Å². The highest BCUT2D eigenvalue weighted by Crippen LogP contribution is 2.17. The molecule has 22 heavy (non-hydrogen) atoms. The third-order valence-corrected chi connectivity index (χ3v) is 3.73. The maximum atomic E-state index is 5.57. The minimum absolute atomic E-state index is 0.156. The molecule has 0 saturated carbocycles. The van der Waals surface area contributed by atoms with Gasteiger partial charge in [0.15, 0.2) is 5.82 Å². The second-order valence-corrected chi connectivity index (χ2v) is 5.46. The molecule has 6 heteroatoms. The van der Waals surface area contributed by atoms with Gasteiger partial charge in [-0.2, -0.15) is 10.1 Å². The van der Waals surface area contributed by atoms with Crippen LogP contribution in [0, 0.1) is 0 Å². The van der Waals surface area contributed by atoms with Gasteiger partial charge < -0.3 is 15.4 Å². The molecule has 0 spiro atoms. The molecule has 116 valence electrons. The van der Waals surface area contributed by atoms with E-state index < -0.39 is 0 Å². The van der Waals surface area contributed by atoms with E-state index in [-0.39, 0.29) is 12.1 Å². The molecule has 1 saturated heterocycles. The molecule has 1 aromatic heterocycles. The van der Waals surface area contributed by atoms with Gasteiger partial charge >= 0.3 is 0 Å². The fourth-order valence-corrected chi connectivity index (χ4v) is 2.51. The van der Waals surface area contributed by atoms with Crippen molar-refractivity contribution < 1.29 is 4.74 Å². The maximum absolute atomic E-state index is 5.57. The number of rotatable bonds is 6. The van der Waals surface area contributed by atoms with Crippen LogP contribution >= 0.6 is 0 Å². The summed E-state index contributed by atoms with van der Waals surface area (Å²) in [5, 5.41) is 14.5. The zero-order valence-electron chi connectivity index (χ0n) is 12.7. The van der Waals surface area contributed by atoms with Crippen LogP contribution in [0.25, 0.3) is 0 Å². The number of hydrogen-bond donors (Lipinski definition) is 2. The van der Waals surface area contributed by atoms with Crippen molar-refractivity contribution in [1.29, 1.82) is 0 Å². The molecule has 1 fully saturated rings. The minimum Gasteiger partial charge on any atom is -0.376 e. The SMILES string of the molecule is CC(Nc1cnnc(NCC2CCCO2)n1)c1ccccc1. The van der Waals surface area contributed by atoms with Crippen molar-refractivity contribution in [2.24, 2.45) is 0 Å². The van der Waals surface area contributed by atoms with Crippen molar-refractivity contribution in [2.75, 3.05) is 23.8 Å². The van der Waals surface area contributed by atoms with Crippen LogP contribution in [0.1, 0.15) is 31.4 Å². The van der Waals surface area contributed by atoms with E-state index in [4.69, 9.17) is 4.74 Å². The van der Waals surface area contributed by atoms with Gasteiger partial charge in [-0.3, -0.25) is 0 Å². The largest absolute Gasteiger partial charge is 0.376 e. The number of benzene rings is 1. The first-order chi connectivity index (χ1) is 10.8. The molecule has 0 aliphatic carbocycles. The highest BCUT2D eigenvalue weighted by molar-refractivity contribution is 5.39. The summed E-state index contributed by atoms with van der Waals surface area (Å²) in [4.78, 5) is 4.45. The number of nitrogens with one attached hydrogen (secondary N) is 2. The minimum atomic E-state index is 0.156.